The monoisotopic (exact) mass is 237 g/mol. The van der Waals surface area contributed by atoms with E-state index in [1.54, 1.807) is 13.8 Å². The van der Waals surface area contributed by atoms with E-state index in [9.17, 15) is 9.90 Å². The van der Waals surface area contributed by atoms with Gasteiger partial charge in [0, 0.05) is 12.8 Å². The van der Waals surface area contributed by atoms with E-state index in [4.69, 9.17) is 4.74 Å². The van der Waals surface area contributed by atoms with Gasteiger partial charge in [0.15, 0.2) is 0 Å². The van der Waals surface area contributed by atoms with Crippen molar-refractivity contribution in [1.29, 1.82) is 0 Å². The van der Waals surface area contributed by atoms with E-state index in [1.165, 1.54) is 0 Å². The Labute approximate surface area is 96.8 Å². The molecule has 3 N–H and O–H groups in total. The van der Waals surface area contributed by atoms with Crippen LogP contribution in [0.3, 0.4) is 0 Å². The van der Waals surface area contributed by atoms with Gasteiger partial charge >= 0.3 is 5.97 Å². The third-order valence-corrected chi connectivity index (χ3v) is 2.82. The molecule has 3 atom stereocenters. The number of carbonyl (C=O) groups is 1. The molecular weight excluding hydrogens is 218 g/mol. The molecule has 15 heavy (non-hydrogen) atoms. The number of nitrogens with two attached hydrogens (primary N) is 1. The topological polar surface area (TPSA) is 63.1 Å². The molecule has 0 bridgehead atoms. The van der Waals surface area contributed by atoms with E-state index < -0.39 is 12.0 Å². The lowest BCUT2D eigenvalue weighted by molar-refractivity contribution is -0.678. The molecule has 1 aliphatic heterocycles. The lowest BCUT2D eigenvalue weighted by Crippen LogP contribution is -3.00. The number of aliphatic hydroxyl groups is 1. The summed E-state index contributed by atoms with van der Waals surface area (Å²) in [5.41, 5.74) is 0. The molecule has 0 aromatic rings. The maximum absolute atomic E-state index is 11.3. The van der Waals surface area contributed by atoms with Gasteiger partial charge < -0.3 is 27.6 Å². The first kappa shape index (κ1) is 14.7. The molecule has 1 heterocycles. The van der Waals surface area contributed by atoms with Crippen molar-refractivity contribution in [3.05, 3.63) is 0 Å². The van der Waals surface area contributed by atoms with Gasteiger partial charge in [-0.3, -0.25) is 4.79 Å². The highest BCUT2D eigenvalue weighted by Gasteiger charge is 2.34. The molecule has 1 rings (SSSR count). The number of esters is 1. The number of carbonyl (C=O) groups excluding carboxylic acids is 1. The fourth-order valence-electron chi connectivity index (χ4n) is 1.90. The van der Waals surface area contributed by atoms with E-state index in [0.717, 1.165) is 19.4 Å². The molecule has 0 unspecified atom stereocenters. The van der Waals surface area contributed by atoms with Crippen LogP contribution in [0.1, 0.15) is 26.7 Å². The summed E-state index contributed by atoms with van der Waals surface area (Å²) in [6, 6.07) is 0.175. The van der Waals surface area contributed by atoms with Gasteiger partial charge in [-0.15, -0.1) is 0 Å². The Kier molecular flexibility index (Phi) is 6.89. The summed E-state index contributed by atoms with van der Waals surface area (Å²) >= 11 is 0. The van der Waals surface area contributed by atoms with E-state index in [0.29, 0.717) is 6.61 Å². The second kappa shape index (κ2) is 7.04. The first-order valence-electron chi connectivity index (χ1n) is 5.34. The Bertz CT molecular complexity index is 195. The highest BCUT2D eigenvalue weighted by Crippen LogP contribution is 2.12. The fourth-order valence-corrected chi connectivity index (χ4v) is 1.90. The predicted octanol–water partition coefficient (Wildman–Crippen LogP) is -3.72. The molecule has 1 saturated heterocycles. The van der Waals surface area contributed by atoms with Gasteiger partial charge in [0.1, 0.15) is 12.1 Å². The molecule has 0 spiro atoms. The zero-order chi connectivity index (χ0) is 10.6. The van der Waals surface area contributed by atoms with Gasteiger partial charge in [-0.05, 0) is 13.8 Å². The molecule has 0 radical (unpaired) electrons. The molecule has 90 valence electrons. The van der Waals surface area contributed by atoms with Crippen LogP contribution in [0.5, 0.6) is 0 Å². The largest absolute Gasteiger partial charge is 1.00 e. The second-order valence-electron chi connectivity index (χ2n) is 3.86. The minimum absolute atomic E-state index is 0. The van der Waals surface area contributed by atoms with Gasteiger partial charge in [0.05, 0.1) is 19.1 Å². The highest BCUT2D eigenvalue weighted by molar-refractivity contribution is 5.72. The first-order valence-corrected chi connectivity index (χ1v) is 5.34. The second-order valence-corrected chi connectivity index (χ2v) is 3.86. The number of aliphatic hydroxyl groups excluding tert-OH is 1. The molecule has 0 aliphatic carbocycles. The Hall–Kier alpha value is -0.320. The predicted molar refractivity (Wildman–Crippen MR) is 51.6 cm³/mol. The summed E-state index contributed by atoms with van der Waals surface area (Å²) < 4.78 is 4.87. The average Bonchev–Trinajstić information content (AvgIpc) is 2.68. The lowest BCUT2D eigenvalue weighted by Gasteiger charge is -2.20. The van der Waals surface area contributed by atoms with Crippen LogP contribution in [0.4, 0.5) is 0 Å². The maximum Gasteiger partial charge on any atom is 0.311 e. The third-order valence-electron chi connectivity index (χ3n) is 2.82. The van der Waals surface area contributed by atoms with Gasteiger partial charge in [-0.2, -0.15) is 0 Å². The maximum atomic E-state index is 11.3. The Morgan fingerprint density at radius 2 is 2.33 bits per heavy atom. The molecule has 1 aliphatic rings. The van der Waals surface area contributed by atoms with Crippen molar-refractivity contribution < 1.29 is 32.4 Å². The average molecular weight is 238 g/mol. The molecule has 0 amide bonds. The Morgan fingerprint density at radius 1 is 1.67 bits per heavy atom. The minimum atomic E-state index is -0.573. The van der Waals surface area contributed by atoms with Crippen molar-refractivity contribution >= 4 is 5.97 Å². The van der Waals surface area contributed by atoms with Gasteiger partial charge in [-0.25, -0.2) is 0 Å². The number of hydrogen-bond donors (Lipinski definition) is 2. The summed E-state index contributed by atoms with van der Waals surface area (Å²) in [6.45, 7) is 4.94. The van der Waals surface area contributed by atoms with Gasteiger partial charge in [-0.1, -0.05) is 0 Å². The van der Waals surface area contributed by atoms with Crippen LogP contribution in [0.15, 0.2) is 0 Å². The van der Waals surface area contributed by atoms with Crippen LogP contribution in [0, 0.1) is 5.92 Å². The van der Waals surface area contributed by atoms with Crippen LogP contribution < -0.4 is 17.7 Å². The quantitative estimate of drug-likeness (QED) is 0.495. The fraction of sp³-hybridized carbons (Fsp3) is 0.900. The van der Waals surface area contributed by atoms with Crippen molar-refractivity contribution in [2.45, 2.75) is 38.8 Å². The van der Waals surface area contributed by atoms with Crippen LogP contribution >= 0.6 is 0 Å². The number of halogens is 1. The summed E-state index contributed by atoms with van der Waals surface area (Å²) in [5, 5.41) is 12.0. The summed E-state index contributed by atoms with van der Waals surface area (Å²) in [4.78, 5) is 11.3. The van der Waals surface area contributed by atoms with Gasteiger partial charge in [0.2, 0.25) is 0 Å². The van der Waals surface area contributed by atoms with Crippen molar-refractivity contribution in [1.82, 2.24) is 0 Å². The van der Waals surface area contributed by atoms with Crippen molar-refractivity contribution in [3.8, 4) is 0 Å². The number of hydrogen-bond acceptors (Lipinski definition) is 3. The van der Waals surface area contributed by atoms with Gasteiger partial charge in [0.25, 0.3) is 0 Å². The smallest absolute Gasteiger partial charge is 0.311 e. The zero-order valence-corrected chi connectivity index (χ0v) is 10.0. The van der Waals surface area contributed by atoms with Crippen molar-refractivity contribution in [2.75, 3.05) is 13.2 Å². The highest BCUT2D eigenvalue weighted by atomic mass is 35.5. The van der Waals surface area contributed by atoms with Crippen LogP contribution in [0.25, 0.3) is 0 Å². The Balaban J connectivity index is 0.00000196. The number of quaternary nitrogens is 1. The minimum Gasteiger partial charge on any atom is -1.00 e. The van der Waals surface area contributed by atoms with Crippen molar-refractivity contribution in [3.63, 3.8) is 0 Å². The van der Waals surface area contributed by atoms with Crippen molar-refractivity contribution in [2.24, 2.45) is 5.92 Å². The third kappa shape index (κ3) is 3.97. The van der Waals surface area contributed by atoms with E-state index >= 15 is 0 Å². The molecule has 4 nitrogen and oxygen atoms in total. The normalized spacial score (nSPS) is 24.1. The van der Waals surface area contributed by atoms with E-state index in [-0.39, 0.29) is 24.4 Å². The molecule has 0 saturated carbocycles. The summed E-state index contributed by atoms with van der Waals surface area (Å²) in [6.07, 6.45) is 1.54. The Morgan fingerprint density at radius 3 is 2.80 bits per heavy atom. The number of ether oxygens (including phenoxy) is 1. The molecule has 1 fully saturated rings. The van der Waals surface area contributed by atoms with Crippen LogP contribution in [0.2, 0.25) is 0 Å². The number of rotatable bonds is 4. The molecule has 0 aromatic carbocycles. The SMILES string of the molecule is CCOC(=O)[C@@H](C)[C@@H](O)[C@@H]1CCC[NH2+]1.[Cl-]. The summed E-state index contributed by atoms with van der Waals surface area (Å²) in [7, 11) is 0. The molecule has 0 aromatic heterocycles. The standard InChI is InChI=1S/C10H19NO3.ClH/c1-3-14-10(13)7(2)9(12)8-5-4-6-11-8;/h7-9,11-12H,3-6H2,1-2H3;1H/t7-,8-,9+;/m0./s1. The van der Waals surface area contributed by atoms with E-state index in [2.05, 4.69) is 5.32 Å². The van der Waals surface area contributed by atoms with Crippen LogP contribution in [-0.4, -0.2) is 36.4 Å². The summed E-state index contributed by atoms with van der Waals surface area (Å²) in [5.74, 6) is -0.699. The zero-order valence-electron chi connectivity index (χ0n) is 9.28. The van der Waals surface area contributed by atoms with E-state index in [1.807, 2.05) is 0 Å². The molecule has 5 heteroatoms. The first-order chi connectivity index (χ1) is 6.66. The van der Waals surface area contributed by atoms with Crippen LogP contribution in [-0.2, 0) is 9.53 Å². The molecular formula is C10H20ClNO3. The lowest BCUT2D eigenvalue weighted by atomic mass is 9.97.